The van der Waals surface area contributed by atoms with Crippen molar-refractivity contribution in [1.29, 1.82) is 0 Å². The van der Waals surface area contributed by atoms with Crippen molar-refractivity contribution in [2.45, 2.75) is 33.1 Å². The molecular weight excluding hydrogens is 190 g/mol. The molecule has 15 heavy (non-hydrogen) atoms. The Morgan fingerprint density at radius 1 is 1.33 bits per heavy atom. The lowest BCUT2D eigenvalue weighted by Crippen LogP contribution is -2.01. The van der Waals surface area contributed by atoms with E-state index in [1.165, 1.54) is 5.56 Å². The minimum atomic E-state index is 0.726. The second kappa shape index (κ2) is 5.75. The van der Waals surface area contributed by atoms with Crippen LogP contribution in [0.1, 0.15) is 31.5 Å². The van der Waals surface area contributed by atoms with E-state index in [0.29, 0.717) is 0 Å². The Balaban J connectivity index is 2.72. The third-order valence-electron chi connectivity index (χ3n) is 2.46. The molecule has 1 rings (SSSR count). The van der Waals surface area contributed by atoms with E-state index in [4.69, 9.17) is 10.5 Å². The van der Waals surface area contributed by atoms with Crippen molar-refractivity contribution in [2.75, 3.05) is 18.9 Å². The number of aryl methyl sites for hydroxylation is 1. The van der Waals surface area contributed by atoms with Crippen LogP contribution >= 0.6 is 0 Å². The first-order valence-electron chi connectivity index (χ1n) is 5.58. The Morgan fingerprint density at radius 2 is 2.07 bits per heavy atom. The summed E-state index contributed by atoms with van der Waals surface area (Å²) in [6.45, 7) is 5.63. The van der Waals surface area contributed by atoms with E-state index in [0.717, 1.165) is 44.0 Å². The second-order valence-electron chi connectivity index (χ2n) is 3.63. The molecule has 0 unspecified atom stereocenters. The van der Waals surface area contributed by atoms with Crippen LogP contribution in [0.2, 0.25) is 0 Å². The zero-order valence-corrected chi connectivity index (χ0v) is 9.92. The van der Waals surface area contributed by atoms with Gasteiger partial charge < -0.3 is 10.5 Å². The van der Waals surface area contributed by atoms with Gasteiger partial charge in [0, 0.05) is 25.6 Å². The van der Waals surface area contributed by atoms with E-state index in [1.807, 2.05) is 14.0 Å². The molecule has 4 nitrogen and oxygen atoms in total. The minimum Gasteiger partial charge on any atom is -0.384 e. The standard InChI is InChI=1S/C11H21N3O/c1-4-6-9-10(7-8-15-5-2)13-14(3)11(9)12/h4-8,12H2,1-3H3. The van der Waals surface area contributed by atoms with E-state index in [1.54, 1.807) is 4.68 Å². The number of nitrogens with zero attached hydrogens (tertiary/aromatic N) is 2. The van der Waals surface area contributed by atoms with Gasteiger partial charge in [-0.1, -0.05) is 13.3 Å². The lowest BCUT2D eigenvalue weighted by atomic mass is 10.1. The highest BCUT2D eigenvalue weighted by Crippen LogP contribution is 2.18. The Kier molecular flexibility index (Phi) is 4.62. The first-order valence-corrected chi connectivity index (χ1v) is 5.58. The van der Waals surface area contributed by atoms with Crippen LogP contribution in [0, 0.1) is 0 Å². The van der Waals surface area contributed by atoms with Gasteiger partial charge in [-0.2, -0.15) is 5.10 Å². The normalized spacial score (nSPS) is 10.9. The SMILES string of the molecule is CCCc1c(CCOCC)nn(C)c1N. The maximum Gasteiger partial charge on any atom is 0.124 e. The highest BCUT2D eigenvalue weighted by Gasteiger charge is 2.12. The number of rotatable bonds is 6. The number of ether oxygens (including phenoxy) is 1. The van der Waals surface area contributed by atoms with Gasteiger partial charge in [-0.05, 0) is 13.3 Å². The largest absolute Gasteiger partial charge is 0.384 e. The summed E-state index contributed by atoms with van der Waals surface area (Å²) < 4.78 is 7.09. The molecule has 0 spiro atoms. The topological polar surface area (TPSA) is 53.1 Å². The molecule has 2 N–H and O–H groups in total. The van der Waals surface area contributed by atoms with Crippen molar-refractivity contribution in [2.24, 2.45) is 7.05 Å². The van der Waals surface area contributed by atoms with E-state index >= 15 is 0 Å². The molecule has 1 aromatic heterocycles. The van der Waals surface area contributed by atoms with Crippen molar-refractivity contribution in [3.05, 3.63) is 11.3 Å². The lowest BCUT2D eigenvalue weighted by Gasteiger charge is -2.02. The van der Waals surface area contributed by atoms with Crippen molar-refractivity contribution < 1.29 is 4.74 Å². The Hall–Kier alpha value is -1.03. The number of anilines is 1. The maximum absolute atomic E-state index is 5.95. The van der Waals surface area contributed by atoms with Crippen LogP contribution in [-0.2, 0) is 24.6 Å². The number of nitrogen functional groups attached to an aromatic ring is 1. The molecule has 1 heterocycles. The van der Waals surface area contributed by atoms with Gasteiger partial charge >= 0.3 is 0 Å². The first kappa shape index (κ1) is 12.0. The smallest absolute Gasteiger partial charge is 0.124 e. The number of aromatic nitrogens is 2. The Labute approximate surface area is 91.4 Å². The predicted molar refractivity (Wildman–Crippen MR) is 61.8 cm³/mol. The molecule has 0 bridgehead atoms. The van der Waals surface area contributed by atoms with E-state index in [9.17, 15) is 0 Å². The van der Waals surface area contributed by atoms with Crippen LogP contribution in [0.5, 0.6) is 0 Å². The highest BCUT2D eigenvalue weighted by atomic mass is 16.5. The molecule has 1 aromatic rings. The number of hydrogen-bond donors (Lipinski definition) is 1. The second-order valence-corrected chi connectivity index (χ2v) is 3.63. The summed E-state index contributed by atoms with van der Waals surface area (Å²) in [7, 11) is 1.89. The summed E-state index contributed by atoms with van der Waals surface area (Å²) in [5, 5.41) is 4.41. The molecule has 0 atom stereocenters. The summed E-state index contributed by atoms with van der Waals surface area (Å²) in [5.74, 6) is 0.795. The minimum absolute atomic E-state index is 0.726. The molecule has 0 amide bonds. The van der Waals surface area contributed by atoms with Crippen molar-refractivity contribution >= 4 is 5.82 Å². The average molecular weight is 211 g/mol. The van der Waals surface area contributed by atoms with Crippen LogP contribution in [0.3, 0.4) is 0 Å². The lowest BCUT2D eigenvalue weighted by molar-refractivity contribution is 0.150. The average Bonchev–Trinajstić information content (AvgIpc) is 2.47. The van der Waals surface area contributed by atoms with Crippen molar-refractivity contribution in [1.82, 2.24) is 9.78 Å². The summed E-state index contributed by atoms with van der Waals surface area (Å²) in [4.78, 5) is 0. The van der Waals surface area contributed by atoms with Gasteiger partial charge in [0.05, 0.1) is 12.3 Å². The van der Waals surface area contributed by atoms with Crippen molar-refractivity contribution in [3.8, 4) is 0 Å². The quantitative estimate of drug-likeness (QED) is 0.726. The van der Waals surface area contributed by atoms with E-state index in [2.05, 4.69) is 12.0 Å². The molecule has 0 fully saturated rings. The third kappa shape index (κ3) is 2.96. The highest BCUT2D eigenvalue weighted by molar-refractivity contribution is 5.43. The monoisotopic (exact) mass is 211 g/mol. The van der Waals surface area contributed by atoms with Gasteiger partial charge in [-0.3, -0.25) is 4.68 Å². The van der Waals surface area contributed by atoms with E-state index in [-0.39, 0.29) is 0 Å². The molecule has 4 heteroatoms. The van der Waals surface area contributed by atoms with Crippen LogP contribution in [0.4, 0.5) is 5.82 Å². The van der Waals surface area contributed by atoms with Gasteiger partial charge in [0.25, 0.3) is 0 Å². The Morgan fingerprint density at radius 3 is 2.67 bits per heavy atom. The predicted octanol–water partition coefficient (Wildman–Crippen LogP) is 1.53. The van der Waals surface area contributed by atoms with Gasteiger partial charge in [-0.25, -0.2) is 0 Å². The summed E-state index contributed by atoms with van der Waals surface area (Å²) in [6.07, 6.45) is 2.95. The van der Waals surface area contributed by atoms with Gasteiger partial charge in [0.15, 0.2) is 0 Å². The fourth-order valence-corrected chi connectivity index (χ4v) is 1.67. The summed E-state index contributed by atoms with van der Waals surface area (Å²) >= 11 is 0. The van der Waals surface area contributed by atoms with Gasteiger partial charge in [-0.15, -0.1) is 0 Å². The molecule has 0 aliphatic rings. The molecule has 0 saturated heterocycles. The molecule has 0 aromatic carbocycles. The fraction of sp³-hybridized carbons (Fsp3) is 0.727. The van der Waals surface area contributed by atoms with Crippen LogP contribution < -0.4 is 5.73 Å². The summed E-state index contributed by atoms with van der Waals surface area (Å²) in [6, 6.07) is 0. The van der Waals surface area contributed by atoms with E-state index < -0.39 is 0 Å². The zero-order valence-electron chi connectivity index (χ0n) is 9.92. The number of nitrogens with two attached hydrogens (primary N) is 1. The first-order chi connectivity index (χ1) is 7.20. The summed E-state index contributed by atoms with van der Waals surface area (Å²) in [5.41, 5.74) is 8.24. The maximum atomic E-state index is 5.95. The van der Waals surface area contributed by atoms with Crippen molar-refractivity contribution in [3.63, 3.8) is 0 Å². The van der Waals surface area contributed by atoms with Crippen LogP contribution in [0.25, 0.3) is 0 Å². The van der Waals surface area contributed by atoms with Crippen LogP contribution in [-0.4, -0.2) is 23.0 Å². The number of hydrogen-bond acceptors (Lipinski definition) is 3. The molecule has 86 valence electrons. The fourth-order valence-electron chi connectivity index (χ4n) is 1.67. The van der Waals surface area contributed by atoms with Gasteiger partial charge in [0.1, 0.15) is 5.82 Å². The Bertz CT molecular complexity index is 307. The zero-order chi connectivity index (χ0) is 11.3. The van der Waals surface area contributed by atoms with Crippen LogP contribution in [0.15, 0.2) is 0 Å². The molecule has 0 aliphatic heterocycles. The third-order valence-corrected chi connectivity index (χ3v) is 2.46. The molecular formula is C11H21N3O. The molecule has 0 aliphatic carbocycles. The van der Waals surface area contributed by atoms with Gasteiger partial charge in [0.2, 0.25) is 0 Å². The molecule has 0 radical (unpaired) electrons. The molecule has 0 saturated carbocycles.